The monoisotopic (exact) mass is 291 g/mol. The number of nitrogens with zero attached hydrogens (tertiary/aromatic N) is 1. The summed E-state index contributed by atoms with van der Waals surface area (Å²) in [7, 11) is 2.02. The average Bonchev–Trinajstić information content (AvgIpc) is 2.47. The molecule has 0 radical (unpaired) electrons. The molecule has 0 aromatic heterocycles. The number of benzene rings is 1. The number of aryl methyl sites for hydroxylation is 1. The first-order valence-corrected chi connectivity index (χ1v) is 8.07. The number of unbranched alkanes of at least 4 members (excludes halogenated alkanes) is 4. The number of anilines is 1. The lowest BCUT2D eigenvalue weighted by Crippen LogP contribution is -2.23. The van der Waals surface area contributed by atoms with Crippen molar-refractivity contribution in [3.8, 4) is 0 Å². The zero-order valence-electron chi connectivity index (χ0n) is 13.7. The van der Waals surface area contributed by atoms with Gasteiger partial charge in [0.1, 0.15) is 6.61 Å². The van der Waals surface area contributed by atoms with Crippen LogP contribution in [0, 0.1) is 6.92 Å². The molecule has 0 N–H and O–H groups in total. The second kappa shape index (κ2) is 10.3. The van der Waals surface area contributed by atoms with Crippen molar-refractivity contribution in [2.24, 2.45) is 0 Å². The highest BCUT2D eigenvalue weighted by Gasteiger charge is 2.04. The molecular formula is C18H29NO2. The molecule has 1 aromatic rings. The van der Waals surface area contributed by atoms with Gasteiger partial charge in [-0.3, -0.25) is 4.79 Å². The van der Waals surface area contributed by atoms with Crippen molar-refractivity contribution in [3.63, 3.8) is 0 Å². The van der Waals surface area contributed by atoms with E-state index >= 15 is 0 Å². The van der Waals surface area contributed by atoms with Crippen molar-refractivity contribution in [1.82, 2.24) is 0 Å². The molecule has 0 aliphatic rings. The number of carbonyl (C=O) groups is 1. The lowest BCUT2D eigenvalue weighted by Gasteiger charge is -2.19. The van der Waals surface area contributed by atoms with Crippen LogP contribution in [0.1, 0.15) is 51.0 Å². The van der Waals surface area contributed by atoms with Crippen LogP contribution < -0.4 is 4.90 Å². The second-order valence-corrected chi connectivity index (χ2v) is 5.64. The maximum atomic E-state index is 11.6. The van der Waals surface area contributed by atoms with Crippen LogP contribution in [0.3, 0.4) is 0 Å². The highest BCUT2D eigenvalue weighted by Crippen LogP contribution is 2.13. The fourth-order valence-electron chi connectivity index (χ4n) is 2.17. The Hall–Kier alpha value is -1.51. The maximum Gasteiger partial charge on any atom is 0.305 e. The Morgan fingerprint density at radius 3 is 2.43 bits per heavy atom. The predicted molar refractivity (Wildman–Crippen MR) is 88.8 cm³/mol. The van der Waals surface area contributed by atoms with E-state index in [-0.39, 0.29) is 5.97 Å². The van der Waals surface area contributed by atoms with Gasteiger partial charge in [-0.05, 0) is 25.5 Å². The van der Waals surface area contributed by atoms with E-state index in [1.54, 1.807) is 0 Å². The molecule has 0 saturated carbocycles. The van der Waals surface area contributed by atoms with Crippen LogP contribution in [0.5, 0.6) is 0 Å². The first-order chi connectivity index (χ1) is 10.1. The van der Waals surface area contributed by atoms with Gasteiger partial charge in [0, 0.05) is 19.2 Å². The maximum absolute atomic E-state index is 11.6. The van der Waals surface area contributed by atoms with Crippen LogP contribution in [0.15, 0.2) is 24.3 Å². The number of carbonyl (C=O) groups excluding carboxylic acids is 1. The minimum atomic E-state index is -0.0659. The number of likely N-dealkylation sites (N-methyl/N-ethyl adjacent to an activating group) is 1. The molecule has 3 heteroatoms. The van der Waals surface area contributed by atoms with Crippen molar-refractivity contribution >= 4 is 11.7 Å². The SMILES string of the molecule is CCCCCCCC(=O)OCCN(C)c1ccc(C)cc1. The molecule has 118 valence electrons. The second-order valence-electron chi connectivity index (χ2n) is 5.64. The Bertz CT molecular complexity index is 400. The van der Waals surface area contributed by atoms with Crippen LogP contribution in [0.4, 0.5) is 5.69 Å². The highest BCUT2D eigenvalue weighted by atomic mass is 16.5. The van der Waals surface area contributed by atoms with Crippen molar-refractivity contribution in [2.45, 2.75) is 52.4 Å². The molecule has 0 fully saturated rings. The van der Waals surface area contributed by atoms with E-state index in [1.807, 2.05) is 7.05 Å². The topological polar surface area (TPSA) is 29.5 Å². The fraction of sp³-hybridized carbons (Fsp3) is 0.611. The summed E-state index contributed by atoms with van der Waals surface area (Å²) < 4.78 is 5.28. The first-order valence-electron chi connectivity index (χ1n) is 8.07. The average molecular weight is 291 g/mol. The van der Waals surface area contributed by atoms with Gasteiger partial charge in [-0.15, -0.1) is 0 Å². The Morgan fingerprint density at radius 2 is 1.76 bits per heavy atom. The van der Waals surface area contributed by atoms with E-state index in [4.69, 9.17) is 4.74 Å². The molecule has 0 amide bonds. The molecule has 0 bridgehead atoms. The third-order valence-corrected chi connectivity index (χ3v) is 3.65. The summed E-state index contributed by atoms with van der Waals surface area (Å²) in [6.07, 6.45) is 6.35. The summed E-state index contributed by atoms with van der Waals surface area (Å²) >= 11 is 0. The normalized spacial score (nSPS) is 10.4. The molecule has 1 aromatic carbocycles. The van der Waals surface area contributed by atoms with E-state index in [2.05, 4.69) is 43.0 Å². The minimum Gasteiger partial charge on any atom is -0.464 e. The molecular weight excluding hydrogens is 262 g/mol. The van der Waals surface area contributed by atoms with Gasteiger partial charge in [0.2, 0.25) is 0 Å². The smallest absolute Gasteiger partial charge is 0.305 e. The number of hydrogen-bond acceptors (Lipinski definition) is 3. The summed E-state index contributed by atoms with van der Waals surface area (Å²) in [6, 6.07) is 8.36. The largest absolute Gasteiger partial charge is 0.464 e. The lowest BCUT2D eigenvalue weighted by atomic mass is 10.1. The Kier molecular flexibility index (Phi) is 8.56. The molecule has 21 heavy (non-hydrogen) atoms. The number of rotatable bonds is 10. The molecule has 1 rings (SSSR count). The van der Waals surface area contributed by atoms with Crippen molar-refractivity contribution < 1.29 is 9.53 Å². The summed E-state index contributed by atoms with van der Waals surface area (Å²) in [5.41, 5.74) is 2.40. The zero-order valence-corrected chi connectivity index (χ0v) is 13.7. The van der Waals surface area contributed by atoms with Gasteiger partial charge in [-0.1, -0.05) is 50.3 Å². The Labute approximate surface area is 129 Å². The molecule has 3 nitrogen and oxygen atoms in total. The number of hydrogen-bond donors (Lipinski definition) is 0. The molecule has 0 aliphatic carbocycles. The minimum absolute atomic E-state index is 0.0659. The number of esters is 1. The molecule has 0 atom stereocenters. The molecule has 0 unspecified atom stereocenters. The van der Waals surface area contributed by atoms with Crippen molar-refractivity contribution in [3.05, 3.63) is 29.8 Å². The van der Waals surface area contributed by atoms with E-state index in [0.717, 1.165) is 25.1 Å². The predicted octanol–water partition coefficient (Wildman–Crippen LogP) is 4.33. The van der Waals surface area contributed by atoms with Crippen LogP contribution in [0.2, 0.25) is 0 Å². The fourth-order valence-corrected chi connectivity index (χ4v) is 2.17. The summed E-state index contributed by atoms with van der Waals surface area (Å²) in [6.45, 7) is 5.45. The molecule has 0 saturated heterocycles. The summed E-state index contributed by atoms with van der Waals surface area (Å²) in [4.78, 5) is 13.7. The van der Waals surface area contributed by atoms with Crippen LogP contribution in [-0.2, 0) is 9.53 Å². The van der Waals surface area contributed by atoms with E-state index in [9.17, 15) is 4.79 Å². The van der Waals surface area contributed by atoms with Gasteiger partial charge >= 0.3 is 5.97 Å². The van der Waals surface area contributed by atoms with Gasteiger partial charge in [-0.2, -0.15) is 0 Å². The van der Waals surface area contributed by atoms with Gasteiger partial charge in [0.25, 0.3) is 0 Å². The Morgan fingerprint density at radius 1 is 1.10 bits per heavy atom. The van der Waals surface area contributed by atoms with Crippen molar-refractivity contribution in [1.29, 1.82) is 0 Å². The molecule has 0 aliphatic heterocycles. The molecule has 0 spiro atoms. The van der Waals surface area contributed by atoms with Crippen LogP contribution >= 0.6 is 0 Å². The van der Waals surface area contributed by atoms with Crippen LogP contribution in [-0.4, -0.2) is 26.2 Å². The molecule has 0 heterocycles. The van der Waals surface area contributed by atoms with Gasteiger partial charge in [0.05, 0.1) is 6.54 Å². The van der Waals surface area contributed by atoms with Gasteiger partial charge < -0.3 is 9.64 Å². The zero-order chi connectivity index (χ0) is 15.5. The number of ether oxygens (including phenoxy) is 1. The van der Waals surface area contributed by atoms with Crippen LogP contribution in [0.25, 0.3) is 0 Å². The van der Waals surface area contributed by atoms with E-state index in [0.29, 0.717) is 13.0 Å². The first kappa shape index (κ1) is 17.5. The summed E-state index contributed by atoms with van der Waals surface area (Å²) in [5, 5.41) is 0. The third-order valence-electron chi connectivity index (χ3n) is 3.65. The lowest BCUT2D eigenvalue weighted by molar-refractivity contribution is -0.143. The van der Waals surface area contributed by atoms with Gasteiger partial charge in [-0.25, -0.2) is 0 Å². The van der Waals surface area contributed by atoms with E-state index in [1.165, 1.54) is 24.8 Å². The van der Waals surface area contributed by atoms with Crippen molar-refractivity contribution in [2.75, 3.05) is 25.1 Å². The quantitative estimate of drug-likeness (QED) is 0.474. The standard InChI is InChI=1S/C18H29NO2/c1-4-5-6-7-8-9-18(20)21-15-14-19(3)17-12-10-16(2)11-13-17/h10-13H,4-9,14-15H2,1-3H3. The Balaban J connectivity index is 2.12. The highest BCUT2D eigenvalue weighted by molar-refractivity contribution is 5.69. The van der Waals surface area contributed by atoms with Gasteiger partial charge in [0.15, 0.2) is 0 Å². The third kappa shape index (κ3) is 7.74. The summed E-state index contributed by atoms with van der Waals surface area (Å²) in [5.74, 6) is -0.0659. The van der Waals surface area contributed by atoms with E-state index < -0.39 is 0 Å².